The summed E-state index contributed by atoms with van der Waals surface area (Å²) in [5.74, 6) is -1.02. The second kappa shape index (κ2) is 10.6. The minimum atomic E-state index is -0.972. The third-order valence-electron chi connectivity index (χ3n) is 5.57. The number of nitrogens with two attached hydrogens (primary N) is 1. The largest absolute Gasteiger partial charge is 0.493 e. The third kappa shape index (κ3) is 5.57. The molecule has 1 aromatic heterocycles. The second-order valence-corrected chi connectivity index (χ2v) is 7.89. The van der Waals surface area contributed by atoms with Crippen molar-refractivity contribution < 1.29 is 19.4 Å². The molecule has 4 aromatic rings. The van der Waals surface area contributed by atoms with Gasteiger partial charge in [0.1, 0.15) is 5.75 Å². The van der Waals surface area contributed by atoms with E-state index in [0.29, 0.717) is 24.5 Å². The van der Waals surface area contributed by atoms with E-state index in [4.69, 9.17) is 15.6 Å². The molecule has 0 aliphatic rings. The molecule has 4 rings (SSSR count). The molecule has 7 heteroatoms. The van der Waals surface area contributed by atoms with Crippen molar-refractivity contribution in [2.45, 2.75) is 12.3 Å². The molecule has 1 heterocycles. The third-order valence-corrected chi connectivity index (χ3v) is 5.57. The van der Waals surface area contributed by atoms with Crippen LogP contribution in [0, 0.1) is 0 Å². The minimum Gasteiger partial charge on any atom is -0.493 e. The first kappa shape index (κ1) is 22.9. The summed E-state index contributed by atoms with van der Waals surface area (Å²) in [6, 6.07) is 21.6. The van der Waals surface area contributed by atoms with Crippen LogP contribution in [0.4, 0.5) is 5.69 Å². The topological polar surface area (TPSA) is 115 Å². The van der Waals surface area contributed by atoms with Crippen molar-refractivity contribution >= 4 is 28.3 Å². The van der Waals surface area contributed by atoms with Crippen molar-refractivity contribution in [1.29, 1.82) is 0 Å². The maximum Gasteiger partial charge on any atom is 0.335 e. The predicted octanol–water partition coefficient (Wildman–Crippen LogP) is 4.24. The van der Waals surface area contributed by atoms with Gasteiger partial charge in [-0.1, -0.05) is 30.3 Å². The summed E-state index contributed by atoms with van der Waals surface area (Å²) in [6.45, 7) is 0.598. The van der Waals surface area contributed by atoms with Crippen molar-refractivity contribution in [1.82, 2.24) is 4.98 Å². The van der Waals surface area contributed by atoms with Crippen LogP contribution in [-0.2, 0) is 11.2 Å². The van der Waals surface area contributed by atoms with Crippen molar-refractivity contribution in [2.24, 2.45) is 5.73 Å². The molecule has 0 aliphatic heterocycles. The van der Waals surface area contributed by atoms with Crippen LogP contribution in [0.15, 0.2) is 85.2 Å². The minimum absolute atomic E-state index is 0.164. The number of carboxylic acids is 1. The first-order valence-electron chi connectivity index (χ1n) is 10.9. The highest BCUT2D eigenvalue weighted by molar-refractivity contribution is 5.98. The first-order valence-corrected chi connectivity index (χ1v) is 10.9. The van der Waals surface area contributed by atoms with Gasteiger partial charge in [0.15, 0.2) is 0 Å². The lowest BCUT2D eigenvalue weighted by atomic mass is 9.95. The van der Waals surface area contributed by atoms with E-state index in [2.05, 4.69) is 10.3 Å². The standard InChI is InChI=1S/C27H25N3O4/c28-16-25(26(31)30-23-7-4-22-17-29-12-10-20(22)15-23)21-3-1-2-18(14-21)11-13-34-24-8-5-19(6-9-24)27(32)33/h1-10,12,14-15,17,25H,11,13,16,28H2,(H,30,31)(H,32,33). The zero-order chi connectivity index (χ0) is 23.9. The monoisotopic (exact) mass is 455 g/mol. The number of fused-ring (bicyclic) bond motifs is 1. The van der Waals surface area contributed by atoms with Crippen molar-refractivity contribution in [2.75, 3.05) is 18.5 Å². The predicted molar refractivity (Wildman–Crippen MR) is 131 cm³/mol. The Morgan fingerprint density at radius 1 is 1.00 bits per heavy atom. The van der Waals surface area contributed by atoms with Gasteiger partial charge >= 0.3 is 5.97 Å². The summed E-state index contributed by atoms with van der Waals surface area (Å²) in [6.07, 6.45) is 4.13. The summed E-state index contributed by atoms with van der Waals surface area (Å²) in [5, 5.41) is 13.9. The number of nitrogens with one attached hydrogen (secondary N) is 1. The van der Waals surface area contributed by atoms with E-state index in [-0.39, 0.29) is 18.0 Å². The van der Waals surface area contributed by atoms with Crippen molar-refractivity contribution in [3.63, 3.8) is 0 Å². The molecule has 4 N–H and O–H groups in total. The fourth-order valence-corrected chi connectivity index (χ4v) is 3.73. The van der Waals surface area contributed by atoms with Crippen molar-refractivity contribution in [3.8, 4) is 5.75 Å². The number of anilines is 1. The maximum atomic E-state index is 13.0. The van der Waals surface area contributed by atoms with Crippen LogP contribution in [0.1, 0.15) is 27.4 Å². The van der Waals surface area contributed by atoms with Crippen LogP contribution in [0.2, 0.25) is 0 Å². The van der Waals surface area contributed by atoms with Gasteiger partial charge < -0.3 is 20.9 Å². The molecule has 0 bridgehead atoms. The number of pyridine rings is 1. The van der Waals surface area contributed by atoms with Gasteiger partial charge in [-0.3, -0.25) is 9.78 Å². The smallest absolute Gasteiger partial charge is 0.335 e. The number of rotatable bonds is 9. The van der Waals surface area contributed by atoms with Gasteiger partial charge in [0.2, 0.25) is 5.91 Å². The zero-order valence-corrected chi connectivity index (χ0v) is 18.5. The van der Waals surface area contributed by atoms with Crippen LogP contribution < -0.4 is 15.8 Å². The average Bonchev–Trinajstić information content (AvgIpc) is 2.85. The molecule has 0 fully saturated rings. The molecular weight excluding hydrogens is 430 g/mol. The Bertz CT molecular complexity index is 1300. The molecule has 34 heavy (non-hydrogen) atoms. The second-order valence-electron chi connectivity index (χ2n) is 7.89. The van der Waals surface area contributed by atoms with Crippen LogP contribution in [-0.4, -0.2) is 35.1 Å². The number of benzene rings is 3. The van der Waals surface area contributed by atoms with Crippen molar-refractivity contribution in [3.05, 3.63) is 102 Å². The molecular formula is C27H25N3O4. The van der Waals surface area contributed by atoms with E-state index < -0.39 is 11.9 Å². The van der Waals surface area contributed by atoms with Gasteiger partial charge in [-0.05, 0) is 59.0 Å². The normalized spacial score (nSPS) is 11.7. The van der Waals surface area contributed by atoms with Crippen LogP contribution >= 0.6 is 0 Å². The van der Waals surface area contributed by atoms with Gasteiger partial charge in [0, 0.05) is 36.4 Å². The average molecular weight is 456 g/mol. The molecule has 0 saturated carbocycles. The molecule has 172 valence electrons. The molecule has 1 unspecified atom stereocenters. The van der Waals surface area contributed by atoms with E-state index in [1.807, 2.05) is 48.5 Å². The summed E-state index contributed by atoms with van der Waals surface area (Å²) >= 11 is 0. The summed E-state index contributed by atoms with van der Waals surface area (Å²) in [4.78, 5) is 28.0. The number of hydrogen-bond donors (Lipinski definition) is 3. The SMILES string of the molecule is NCC(C(=O)Nc1ccc2cnccc2c1)c1cccc(CCOc2ccc(C(=O)O)cc2)c1. The zero-order valence-electron chi connectivity index (χ0n) is 18.5. The Morgan fingerprint density at radius 3 is 2.59 bits per heavy atom. The van der Waals surface area contributed by atoms with E-state index >= 15 is 0 Å². The molecule has 0 spiro atoms. The Hall–Kier alpha value is -4.23. The summed E-state index contributed by atoms with van der Waals surface area (Å²) in [5.41, 5.74) is 8.76. The maximum absolute atomic E-state index is 13.0. The van der Waals surface area contributed by atoms with Gasteiger partial charge in [0.25, 0.3) is 0 Å². The summed E-state index contributed by atoms with van der Waals surface area (Å²) in [7, 11) is 0. The number of carbonyl (C=O) groups excluding carboxylic acids is 1. The van der Waals surface area contributed by atoms with Gasteiger partial charge in [-0.25, -0.2) is 4.79 Å². The lowest BCUT2D eigenvalue weighted by Crippen LogP contribution is -2.27. The molecule has 0 aliphatic carbocycles. The Balaban J connectivity index is 1.39. The fraction of sp³-hybridized carbons (Fsp3) is 0.148. The number of hydrogen-bond acceptors (Lipinski definition) is 5. The molecule has 0 saturated heterocycles. The van der Waals surface area contributed by atoms with Gasteiger partial charge in [0.05, 0.1) is 18.1 Å². The number of aromatic carboxylic acids is 1. The highest BCUT2D eigenvalue weighted by Gasteiger charge is 2.19. The molecule has 1 atom stereocenters. The molecule has 3 aromatic carbocycles. The first-order chi connectivity index (χ1) is 16.5. The Labute approximate surface area is 197 Å². The number of ether oxygens (including phenoxy) is 1. The Morgan fingerprint density at radius 2 is 1.82 bits per heavy atom. The van der Waals surface area contributed by atoms with Crippen LogP contribution in [0.25, 0.3) is 10.8 Å². The fourth-order valence-electron chi connectivity index (χ4n) is 3.73. The highest BCUT2D eigenvalue weighted by Crippen LogP contribution is 2.22. The van der Waals surface area contributed by atoms with Crippen LogP contribution in [0.5, 0.6) is 5.75 Å². The number of carboxylic acid groups (broad SMARTS) is 1. The number of carbonyl (C=O) groups is 2. The molecule has 1 amide bonds. The quantitative estimate of drug-likeness (QED) is 0.348. The van der Waals surface area contributed by atoms with E-state index in [1.54, 1.807) is 24.5 Å². The number of nitrogens with zero attached hydrogens (tertiary/aromatic N) is 1. The van der Waals surface area contributed by atoms with Gasteiger partial charge in [-0.2, -0.15) is 0 Å². The molecule has 7 nitrogen and oxygen atoms in total. The van der Waals surface area contributed by atoms with Gasteiger partial charge in [-0.15, -0.1) is 0 Å². The number of amides is 1. The summed E-state index contributed by atoms with van der Waals surface area (Å²) < 4.78 is 5.73. The highest BCUT2D eigenvalue weighted by atomic mass is 16.5. The lowest BCUT2D eigenvalue weighted by Gasteiger charge is -2.17. The van der Waals surface area contributed by atoms with Crippen LogP contribution in [0.3, 0.4) is 0 Å². The number of aromatic nitrogens is 1. The van der Waals surface area contributed by atoms with E-state index in [0.717, 1.165) is 21.9 Å². The van der Waals surface area contributed by atoms with E-state index in [9.17, 15) is 9.59 Å². The lowest BCUT2D eigenvalue weighted by molar-refractivity contribution is -0.117. The van der Waals surface area contributed by atoms with E-state index in [1.165, 1.54) is 12.1 Å². The Kier molecular flexibility index (Phi) is 7.15. The molecule has 0 radical (unpaired) electrons.